The van der Waals surface area contributed by atoms with Gasteiger partial charge in [-0.25, -0.2) is 14.2 Å². The minimum Gasteiger partial charge on any atom is -0.388 e. The van der Waals surface area contributed by atoms with Crippen LogP contribution < -0.4 is 15.4 Å². The zero-order valence-corrected chi connectivity index (χ0v) is 15.4. The van der Waals surface area contributed by atoms with Crippen LogP contribution >= 0.6 is 22.9 Å². The van der Waals surface area contributed by atoms with Crippen LogP contribution in [0, 0.1) is 19.7 Å². The first-order valence-electron chi connectivity index (χ1n) is 7.51. The quantitative estimate of drug-likeness (QED) is 0.629. The highest BCUT2D eigenvalue weighted by Gasteiger charge is 2.16. The lowest BCUT2D eigenvalue weighted by molar-refractivity contribution is 0.214. The number of hydrogen-bond donors (Lipinski definition) is 2. The topological polar surface area (TPSA) is 76.1 Å². The second-order valence-corrected chi connectivity index (χ2v) is 6.99. The van der Waals surface area contributed by atoms with Gasteiger partial charge >= 0.3 is 6.09 Å². The maximum atomic E-state index is 13.5. The zero-order chi connectivity index (χ0) is 18.7. The van der Waals surface area contributed by atoms with Gasteiger partial charge in [0.2, 0.25) is 0 Å². The van der Waals surface area contributed by atoms with Crippen molar-refractivity contribution in [2.45, 2.75) is 13.8 Å². The number of thiazole rings is 1. The van der Waals surface area contributed by atoms with Gasteiger partial charge in [0.15, 0.2) is 5.00 Å². The molecule has 6 nitrogen and oxygen atoms in total. The van der Waals surface area contributed by atoms with E-state index in [0.29, 0.717) is 21.4 Å². The first-order chi connectivity index (χ1) is 12.4. The predicted octanol–water partition coefficient (Wildman–Crippen LogP) is 5.30. The van der Waals surface area contributed by atoms with Gasteiger partial charge in [0, 0.05) is 28.3 Å². The molecule has 26 heavy (non-hydrogen) atoms. The third-order valence-corrected chi connectivity index (χ3v) is 4.24. The van der Waals surface area contributed by atoms with Crippen LogP contribution in [0.3, 0.4) is 0 Å². The largest absolute Gasteiger partial charge is 0.418 e. The summed E-state index contributed by atoms with van der Waals surface area (Å²) in [6, 6.07) is 7.40. The Morgan fingerprint density at radius 2 is 2.04 bits per heavy atom. The lowest BCUT2D eigenvalue weighted by Gasteiger charge is -2.08. The molecule has 0 aliphatic heterocycles. The smallest absolute Gasteiger partial charge is 0.388 e. The number of aromatic nitrogens is 2. The fourth-order valence-electron chi connectivity index (χ4n) is 2.17. The van der Waals surface area contributed by atoms with E-state index in [1.54, 1.807) is 31.3 Å². The molecule has 0 saturated carbocycles. The van der Waals surface area contributed by atoms with Gasteiger partial charge in [0.05, 0.1) is 5.01 Å². The predicted molar refractivity (Wildman–Crippen MR) is 100 cm³/mol. The van der Waals surface area contributed by atoms with E-state index in [2.05, 4.69) is 20.6 Å². The molecule has 0 fully saturated rings. The minimum absolute atomic E-state index is 0.0937. The molecule has 9 heteroatoms. The summed E-state index contributed by atoms with van der Waals surface area (Å²) in [5.41, 5.74) is 1.74. The van der Waals surface area contributed by atoms with Gasteiger partial charge in [-0.1, -0.05) is 22.9 Å². The molecule has 2 heterocycles. The number of anilines is 3. The highest BCUT2D eigenvalue weighted by atomic mass is 35.5. The molecule has 1 amide bonds. The number of halogens is 2. The third kappa shape index (κ3) is 4.68. The monoisotopic (exact) mass is 392 g/mol. The van der Waals surface area contributed by atoms with Gasteiger partial charge in [0.1, 0.15) is 5.82 Å². The maximum absolute atomic E-state index is 13.5. The Morgan fingerprint density at radius 1 is 1.23 bits per heavy atom. The van der Waals surface area contributed by atoms with Gasteiger partial charge in [-0.15, -0.1) is 0 Å². The van der Waals surface area contributed by atoms with E-state index in [4.69, 9.17) is 16.3 Å². The highest BCUT2D eigenvalue weighted by molar-refractivity contribution is 7.16. The standard InChI is InChI=1S/C17H14ClFN4O2S/c1-9-5-13(3-4-20-9)23-17(24)25-15-16(26-10(2)21-15)22-14-7-11(18)6-12(19)8-14/h3-8,22H,1-2H3,(H,20,23,24). The Bertz CT molecular complexity index is 943. The molecule has 0 bridgehead atoms. The summed E-state index contributed by atoms with van der Waals surface area (Å²) in [6.07, 6.45) is 0.889. The third-order valence-electron chi connectivity index (χ3n) is 3.16. The molecule has 2 N–H and O–H groups in total. The summed E-state index contributed by atoms with van der Waals surface area (Å²) in [4.78, 5) is 20.4. The van der Waals surface area contributed by atoms with Crippen LogP contribution in [0.4, 0.5) is 25.6 Å². The number of ether oxygens (including phenoxy) is 1. The number of benzene rings is 1. The Hall–Kier alpha value is -2.71. The lowest BCUT2D eigenvalue weighted by Crippen LogP contribution is -2.17. The molecule has 0 unspecified atom stereocenters. The molecule has 3 rings (SSSR count). The molecule has 3 aromatic rings. The summed E-state index contributed by atoms with van der Waals surface area (Å²) in [7, 11) is 0. The number of amides is 1. The number of nitrogens with zero attached hydrogens (tertiary/aromatic N) is 2. The van der Waals surface area contributed by atoms with Gasteiger partial charge < -0.3 is 10.1 Å². The highest BCUT2D eigenvalue weighted by Crippen LogP contribution is 2.34. The summed E-state index contributed by atoms with van der Waals surface area (Å²) in [6.45, 7) is 3.58. The Morgan fingerprint density at radius 3 is 2.77 bits per heavy atom. The second kappa shape index (κ2) is 7.67. The molecule has 2 aromatic heterocycles. The van der Waals surface area contributed by atoms with Crippen LogP contribution in [0.15, 0.2) is 36.5 Å². The number of carbonyl (C=O) groups excluding carboxylic acids is 1. The van der Waals surface area contributed by atoms with Crippen molar-refractivity contribution in [3.05, 3.63) is 58.1 Å². The number of hydrogen-bond acceptors (Lipinski definition) is 6. The average molecular weight is 393 g/mol. The molecule has 1 aromatic carbocycles. The number of nitrogens with one attached hydrogen (secondary N) is 2. The number of carbonyl (C=O) groups is 1. The van der Waals surface area contributed by atoms with Crippen molar-refractivity contribution in [1.82, 2.24) is 9.97 Å². The minimum atomic E-state index is -0.693. The summed E-state index contributed by atoms with van der Waals surface area (Å²) in [5.74, 6) is -0.384. The summed E-state index contributed by atoms with van der Waals surface area (Å²) in [5, 5.41) is 6.97. The molecule has 0 spiro atoms. The van der Waals surface area contributed by atoms with E-state index in [1.165, 1.54) is 23.5 Å². The lowest BCUT2D eigenvalue weighted by atomic mass is 10.3. The van der Waals surface area contributed by atoms with Crippen molar-refractivity contribution in [2.75, 3.05) is 10.6 Å². The Kier molecular flexibility index (Phi) is 5.34. The second-order valence-electron chi connectivity index (χ2n) is 5.35. The van der Waals surface area contributed by atoms with Gasteiger partial charge in [-0.3, -0.25) is 10.3 Å². The molecule has 0 aliphatic carbocycles. The number of rotatable bonds is 4. The van der Waals surface area contributed by atoms with Crippen molar-refractivity contribution in [2.24, 2.45) is 0 Å². The van der Waals surface area contributed by atoms with Crippen molar-refractivity contribution in [3.8, 4) is 5.88 Å². The Labute approximate surface area is 158 Å². The summed E-state index contributed by atoms with van der Waals surface area (Å²) < 4.78 is 18.8. The number of aryl methyl sites for hydroxylation is 2. The first kappa shape index (κ1) is 18.1. The molecule has 0 saturated heterocycles. The van der Waals surface area contributed by atoms with Crippen LogP contribution in [0.1, 0.15) is 10.7 Å². The van der Waals surface area contributed by atoms with E-state index in [-0.39, 0.29) is 10.9 Å². The van der Waals surface area contributed by atoms with Crippen LogP contribution in [0.25, 0.3) is 0 Å². The molecule has 0 aliphatic rings. The van der Waals surface area contributed by atoms with Crippen LogP contribution in [0.5, 0.6) is 5.88 Å². The molecular weight excluding hydrogens is 379 g/mol. The molecule has 134 valence electrons. The fraction of sp³-hybridized carbons (Fsp3) is 0.118. The molecular formula is C17H14ClFN4O2S. The first-order valence-corrected chi connectivity index (χ1v) is 8.70. The van der Waals surface area contributed by atoms with Crippen LogP contribution in [-0.2, 0) is 0 Å². The van der Waals surface area contributed by atoms with Gasteiger partial charge in [0.25, 0.3) is 5.88 Å². The normalized spacial score (nSPS) is 10.5. The van der Waals surface area contributed by atoms with E-state index < -0.39 is 11.9 Å². The molecule has 0 radical (unpaired) electrons. The van der Waals surface area contributed by atoms with Gasteiger partial charge in [-0.05, 0) is 44.2 Å². The van der Waals surface area contributed by atoms with Crippen molar-refractivity contribution in [3.63, 3.8) is 0 Å². The maximum Gasteiger partial charge on any atom is 0.418 e. The van der Waals surface area contributed by atoms with E-state index in [9.17, 15) is 9.18 Å². The van der Waals surface area contributed by atoms with E-state index in [1.807, 2.05) is 6.92 Å². The van der Waals surface area contributed by atoms with Crippen LogP contribution in [0.2, 0.25) is 5.02 Å². The van der Waals surface area contributed by atoms with Gasteiger partial charge in [-0.2, -0.15) is 0 Å². The van der Waals surface area contributed by atoms with E-state index in [0.717, 1.165) is 5.69 Å². The zero-order valence-electron chi connectivity index (χ0n) is 13.8. The van der Waals surface area contributed by atoms with Crippen molar-refractivity contribution in [1.29, 1.82) is 0 Å². The van der Waals surface area contributed by atoms with Crippen molar-refractivity contribution >= 4 is 45.4 Å². The fourth-order valence-corrected chi connectivity index (χ4v) is 3.16. The van der Waals surface area contributed by atoms with Crippen LogP contribution in [-0.4, -0.2) is 16.1 Å². The Balaban J connectivity index is 1.75. The number of pyridine rings is 1. The van der Waals surface area contributed by atoms with E-state index >= 15 is 0 Å². The molecule has 0 atom stereocenters. The SMILES string of the molecule is Cc1cc(NC(=O)Oc2nc(C)sc2Nc2cc(F)cc(Cl)c2)ccn1. The average Bonchev–Trinajstić information content (AvgIpc) is 2.85. The van der Waals surface area contributed by atoms with Crippen molar-refractivity contribution < 1.29 is 13.9 Å². The summed E-state index contributed by atoms with van der Waals surface area (Å²) >= 11 is 7.12.